The van der Waals surface area contributed by atoms with Crippen LogP contribution in [0, 0.1) is 0 Å². The molecule has 1 aliphatic rings. The van der Waals surface area contributed by atoms with Gasteiger partial charge >= 0.3 is 0 Å². The molecule has 0 radical (unpaired) electrons. The third-order valence-corrected chi connectivity index (χ3v) is 3.91. The highest BCUT2D eigenvalue weighted by molar-refractivity contribution is 5.27. The molecule has 20 heavy (non-hydrogen) atoms. The molecule has 1 N–H and O–H groups in total. The standard InChI is InChI=1S/C17H26N2O/c1-3-12-20-17-9-7-15(8-10-17)13-18-14-16-6-5-11-19(16)4-2/h3,7-10,16,18H,1,4-6,11-14H2,2H3. The summed E-state index contributed by atoms with van der Waals surface area (Å²) < 4.78 is 5.48. The van der Waals surface area contributed by atoms with Gasteiger partial charge in [-0.25, -0.2) is 0 Å². The lowest BCUT2D eigenvalue weighted by Gasteiger charge is -2.23. The Morgan fingerprint density at radius 2 is 2.20 bits per heavy atom. The Balaban J connectivity index is 1.72. The molecule has 1 unspecified atom stereocenters. The molecule has 3 heteroatoms. The van der Waals surface area contributed by atoms with Crippen LogP contribution in [-0.4, -0.2) is 37.2 Å². The monoisotopic (exact) mass is 274 g/mol. The van der Waals surface area contributed by atoms with Crippen LogP contribution in [0.5, 0.6) is 5.75 Å². The summed E-state index contributed by atoms with van der Waals surface area (Å²) in [6.07, 6.45) is 4.43. The summed E-state index contributed by atoms with van der Waals surface area (Å²) >= 11 is 0. The first-order chi connectivity index (χ1) is 9.83. The maximum absolute atomic E-state index is 5.48. The Labute approximate surface area is 122 Å². The van der Waals surface area contributed by atoms with E-state index < -0.39 is 0 Å². The van der Waals surface area contributed by atoms with E-state index >= 15 is 0 Å². The lowest BCUT2D eigenvalue weighted by atomic mass is 10.2. The summed E-state index contributed by atoms with van der Waals surface area (Å²) in [5.41, 5.74) is 1.30. The van der Waals surface area contributed by atoms with Crippen LogP contribution in [-0.2, 0) is 6.54 Å². The lowest BCUT2D eigenvalue weighted by molar-refractivity contribution is 0.260. The predicted octanol–water partition coefficient (Wildman–Crippen LogP) is 2.83. The minimum atomic E-state index is 0.562. The van der Waals surface area contributed by atoms with Crippen LogP contribution < -0.4 is 10.1 Å². The van der Waals surface area contributed by atoms with Crippen molar-refractivity contribution in [1.82, 2.24) is 10.2 Å². The molecule has 2 rings (SSSR count). The number of nitrogens with one attached hydrogen (secondary N) is 1. The number of rotatable bonds is 8. The van der Waals surface area contributed by atoms with Crippen molar-refractivity contribution in [2.75, 3.05) is 26.2 Å². The second-order valence-electron chi connectivity index (χ2n) is 5.30. The van der Waals surface area contributed by atoms with Gasteiger partial charge in [0.25, 0.3) is 0 Å². The van der Waals surface area contributed by atoms with Crippen LogP contribution >= 0.6 is 0 Å². The summed E-state index contributed by atoms with van der Waals surface area (Å²) in [6, 6.07) is 9.01. The molecule has 110 valence electrons. The number of likely N-dealkylation sites (N-methyl/N-ethyl adjacent to an activating group) is 1. The van der Waals surface area contributed by atoms with Crippen LogP contribution in [0.4, 0.5) is 0 Å². The van der Waals surface area contributed by atoms with Gasteiger partial charge in [-0.3, -0.25) is 4.90 Å². The smallest absolute Gasteiger partial charge is 0.119 e. The Morgan fingerprint density at radius 1 is 1.40 bits per heavy atom. The highest BCUT2D eigenvalue weighted by atomic mass is 16.5. The zero-order chi connectivity index (χ0) is 14.2. The molecule has 1 atom stereocenters. The second-order valence-corrected chi connectivity index (χ2v) is 5.30. The topological polar surface area (TPSA) is 24.5 Å². The van der Waals surface area contributed by atoms with Crippen LogP contribution in [0.25, 0.3) is 0 Å². The zero-order valence-electron chi connectivity index (χ0n) is 12.5. The van der Waals surface area contributed by atoms with E-state index in [0.29, 0.717) is 6.61 Å². The molecule has 0 bridgehead atoms. The van der Waals surface area contributed by atoms with Crippen LogP contribution in [0.2, 0.25) is 0 Å². The Bertz CT molecular complexity index is 402. The summed E-state index contributed by atoms with van der Waals surface area (Å²) in [5.74, 6) is 0.904. The fourth-order valence-corrected chi connectivity index (χ4v) is 2.78. The van der Waals surface area contributed by atoms with E-state index in [9.17, 15) is 0 Å². The minimum absolute atomic E-state index is 0.562. The number of hydrogen-bond acceptors (Lipinski definition) is 3. The van der Waals surface area contributed by atoms with E-state index in [4.69, 9.17) is 4.74 Å². The van der Waals surface area contributed by atoms with Crippen molar-refractivity contribution in [2.45, 2.75) is 32.4 Å². The van der Waals surface area contributed by atoms with Crippen LogP contribution in [0.3, 0.4) is 0 Å². The molecule has 3 nitrogen and oxygen atoms in total. The minimum Gasteiger partial charge on any atom is -0.490 e. The molecule has 0 aliphatic carbocycles. The van der Waals surface area contributed by atoms with Crippen molar-refractivity contribution < 1.29 is 4.74 Å². The Kier molecular flexibility index (Phi) is 6.09. The van der Waals surface area contributed by atoms with Crippen molar-refractivity contribution in [2.24, 2.45) is 0 Å². The Morgan fingerprint density at radius 3 is 2.90 bits per heavy atom. The number of ether oxygens (including phenoxy) is 1. The van der Waals surface area contributed by atoms with Crippen molar-refractivity contribution >= 4 is 0 Å². The van der Waals surface area contributed by atoms with Gasteiger partial charge < -0.3 is 10.1 Å². The summed E-state index contributed by atoms with van der Waals surface area (Å²) in [7, 11) is 0. The average Bonchev–Trinajstić information content (AvgIpc) is 2.94. The Hall–Kier alpha value is -1.32. The fraction of sp³-hybridized carbons (Fsp3) is 0.529. The van der Waals surface area contributed by atoms with Gasteiger partial charge in [-0.1, -0.05) is 31.7 Å². The van der Waals surface area contributed by atoms with Crippen molar-refractivity contribution in [1.29, 1.82) is 0 Å². The molecule has 1 heterocycles. The van der Waals surface area contributed by atoms with Crippen molar-refractivity contribution in [3.63, 3.8) is 0 Å². The van der Waals surface area contributed by atoms with Crippen molar-refractivity contribution in [3.05, 3.63) is 42.5 Å². The maximum Gasteiger partial charge on any atom is 0.119 e. The number of nitrogens with zero attached hydrogens (tertiary/aromatic N) is 1. The zero-order valence-corrected chi connectivity index (χ0v) is 12.5. The van der Waals surface area contributed by atoms with E-state index in [0.717, 1.165) is 24.9 Å². The fourth-order valence-electron chi connectivity index (χ4n) is 2.78. The first-order valence-electron chi connectivity index (χ1n) is 7.61. The second kappa shape index (κ2) is 8.08. The molecule has 1 fully saturated rings. The summed E-state index contributed by atoms with van der Waals surface area (Å²) in [6.45, 7) is 10.9. The molecule has 0 saturated carbocycles. The normalized spacial score (nSPS) is 19.1. The molecule has 0 spiro atoms. The number of likely N-dealkylation sites (tertiary alicyclic amines) is 1. The third-order valence-electron chi connectivity index (χ3n) is 3.91. The SMILES string of the molecule is C=CCOc1ccc(CNCC2CCCN2CC)cc1. The van der Waals surface area contributed by atoms with E-state index in [-0.39, 0.29) is 0 Å². The van der Waals surface area contributed by atoms with Crippen LogP contribution in [0.15, 0.2) is 36.9 Å². The first kappa shape index (κ1) is 15.1. The molecule has 0 amide bonds. The van der Waals surface area contributed by atoms with E-state index in [1.54, 1.807) is 6.08 Å². The quantitative estimate of drug-likeness (QED) is 0.738. The average molecular weight is 274 g/mol. The third kappa shape index (κ3) is 4.36. The molecule has 1 aromatic rings. The highest BCUT2D eigenvalue weighted by Gasteiger charge is 2.21. The molecule has 1 saturated heterocycles. The van der Waals surface area contributed by atoms with Gasteiger partial charge in [-0.2, -0.15) is 0 Å². The number of benzene rings is 1. The van der Waals surface area contributed by atoms with E-state index in [1.807, 2.05) is 12.1 Å². The van der Waals surface area contributed by atoms with Gasteiger partial charge in [0.05, 0.1) is 0 Å². The lowest BCUT2D eigenvalue weighted by Crippen LogP contribution is -2.37. The molecular weight excluding hydrogens is 248 g/mol. The number of hydrogen-bond donors (Lipinski definition) is 1. The first-order valence-corrected chi connectivity index (χ1v) is 7.61. The van der Waals surface area contributed by atoms with Gasteiger partial charge in [0.1, 0.15) is 12.4 Å². The van der Waals surface area contributed by atoms with Gasteiger partial charge in [0.15, 0.2) is 0 Å². The van der Waals surface area contributed by atoms with E-state index in [2.05, 4.69) is 35.9 Å². The van der Waals surface area contributed by atoms with Crippen molar-refractivity contribution in [3.8, 4) is 5.75 Å². The highest BCUT2D eigenvalue weighted by Crippen LogP contribution is 2.16. The molecule has 0 aromatic heterocycles. The predicted molar refractivity (Wildman–Crippen MR) is 84.1 cm³/mol. The van der Waals surface area contributed by atoms with Gasteiger partial charge in [-0.15, -0.1) is 0 Å². The summed E-state index contributed by atoms with van der Waals surface area (Å²) in [4.78, 5) is 2.57. The van der Waals surface area contributed by atoms with Gasteiger partial charge in [-0.05, 0) is 43.6 Å². The molecule has 1 aliphatic heterocycles. The molecule has 1 aromatic carbocycles. The van der Waals surface area contributed by atoms with Gasteiger partial charge in [0, 0.05) is 19.1 Å². The summed E-state index contributed by atoms with van der Waals surface area (Å²) in [5, 5.41) is 3.57. The van der Waals surface area contributed by atoms with Crippen LogP contribution in [0.1, 0.15) is 25.3 Å². The molecular formula is C17H26N2O. The van der Waals surface area contributed by atoms with E-state index in [1.165, 1.54) is 31.5 Å². The largest absolute Gasteiger partial charge is 0.490 e. The van der Waals surface area contributed by atoms with Gasteiger partial charge in [0.2, 0.25) is 0 Å². The maximum atomic E-state index is 5.48.